The lowest BCUT2D eigenvalue weighted by molar-refractivity contribution is 0.0123. The molecule has 1 aromatic carbocycles. The summed E-state index contributed by atoms with van der Waals surface area (Å²) in [5.74, 6) is 0. The molecular weight excluding hydrogens is 280 g/mol. The van der Waals surface area contributed by atoms with Gasteiger partial charge in [-0.2, -0.15) is 5.26 Å². The predicted molar refractivity (Wildman–Crippen MR) is 83.0 cm³/mol. The monoisotopic (exact) mass is 296 g/mol. The van der Waals surface area contributed by atoms with Crippen LogP contribution in [0.4, 0.5) is 0 Å². The van der Waals surface area contributed by atoms with Crippen LogP contribution in [0.3, 0.4) is 0 Å². The van der Waals surface area contributed by atoms with Crippen molar-refractivity contribution in [1.82, 2.24) is 14.8 Å². The first kappa shape index (κ1) is 13.0. The Bertz CT molecular complexity index is 694. The van der Waals surface area contributed by atoms with Gasteiger partial charge in [0.1, 0.15) is 5.01 Å². The lowest BCUT2D eigenvalue weighted by atomic mass is 10.1. The fourth-order valence-corrected chi connectivity index (χ4v) is 4.13. The normalized spacial score (nSPS) is 27.5. The van der Waals surface area contributed by atoms with Gasteiger partial charge in [0.25, 0.3) is 0 Å². The molecule has 5 rings (SSSR count). The van der Waals surface area contributed by atoms with Crippen LogP contribution in [-0.2, 0) is 0 Å². The van der Waals surface area contributed by atoms with E-state index in [-0.39, 0.29) is 0 Å². The quantitative estimate of drug-likeness (QED) is 0.853. The first-order chi connectivity index (χ1) is 10.3. The van der Waals surface area contributed by atoms with Crippen molar-refractivity contribution in [3.05, 3.63) is 40.2 Å². The standard InChI is InChI=1S/C16H16N4S/c17-9-12-2-1-3-13(8-12)14-11-21-16(18-14)15-10-19-4-6-20(15)7-5-19/h1-3,8,11,15H,4-7,10H2. The van der Waals surface area contributed by atoms with E-state index in [1.54, 1.807) is 11.3 Å². The molecule has 1 atom stereocenters. The van der Waals surface area contributed by atoms with Gasteiger partial charge in [-0.05, 0) is 12.1 Å². The maximum atomic E-state index is 9.01. The number of nitrogens with zero attached hydrogens (tertiary/aromatic N) is 4. The van der Waals surface area contributed by atoms with Gasteiger partial charge in [-0.1, -0.05) is 12.1 Å². The second-order valence-corrected chi connectivity index (χ2v) is 6.51. The molecule has 3 fully saturated rings. The van der Waals surface area contributed by atoms with Crippen molar-refractivity contribution in [3.8, 4) is 17.3 Å². The van der Waals surface area contributed by atoms with Crippen molar-refractivity contribution in [2.75, 3.05) is 32.7 Å². The minimum absolute atomic E-state index is 0.449. The number of hydrogen-bond acceptors (Lipinski definition) is 5. The highest BCUT2D eigenvalue weighted by Gasteiger charge is 2.34. The molecule has 0 saturated carbocycles. The Morgan fingerprint density at radius 1 is 1.24 bits per heavy atom. The summed E-state index contributed by atoms with van der Waals surface area (Å²) in [5.41, 5.74) is 2.71. The van der Waals surface area contributed by atoms with Crippen LogP contribution in [0.5, 0.6) is 0 Å². The lowest BCUT2D eigenvalue weighted by Gasteiger charge is -2.46. The van der Waals surface area contributed by atoms with Crippen molar-refractivity contribution < 1.29 is 0 Å². The van der Waals surface area contributed by atoms with Crippen LogP contribution in [0, 0.1) is 11.3 Å². The molecule has 4 nitrogen and oxygen atoms in total. The third-order valence-electron chi connectivity index (χ3n) is 4.37. The molecule has 4 heterocycles. The molecule has 3 aliphatic heterocycles. The van der Waals surface area contributed by atoms with Gasteiger partial charge in [0.05, 0.1) is 23.4 Å². The van der Waals surface area contributed by atoms with E-state index in [4.69, 9.17) is 10.2 Å². The van der Waals surface area contributed by atoms with E-state index < -0.39 is 0 Å². The van der Waals surface area contributed by atoms with Crippen molar-refractivity contribution in [3.63, 3.8) is 0 Å². The summed E-state index contributed by atoms with van der Waals surface area (Å²) in [7, 11) is 0. The summed E-state index contributed by atoms with van der Waals surface area (Å²) < 4.78 is 0. The Labute approximate surface area is 128 Å². The Hall–Kier alpha value is -1.74. The highest BCUT2D eigenvalue weighted by Crippen LogP contribution is 2.33. The molecule has 0 aliphatic carbocycles. The van der Waals surface area contributed by atoms with Crippen molar-refractivity contribution >= 4 is 11.3 Å². The number of benzene rings is 1. The Kier molecular flexibility index (Phi) is 3.23. The molecule has 21 heavy (non-hydrogen) atoms. The topological polar surface area (TPSA) is 43.2 Å². The number of nitriles is 1. The largest absolute Gasteiger partial charge is 0.299 e. The third-order valence-corrected chi connectivity index (χ3v) is 5.32. The fraction of sp³-hybridized carbons (Fsp3) is 0.375. The van der Waals surface area contributed by atoms with E-state index in [9.17, 15) is 0 Å². The van der Waals surface area contributed by atoms with E-state index in [1.165, 1.54) is 18.1 Å². The van der Waals surface area contributed by atoms with Gasteiger partial charge in [-0.3, -0.25) is 9.80 Å². The smallest absolute Gasteiger partial charge is 0.112 e. The van der Waals surface area contributed by atoms with Crippen LogP contribution in [0.25, 0.3) is 11.3 Å². The Morgan fingerprint density at radius 2 is 2.10 bits per heavy atom. The maximum Gasteiger partial charge on any atom is 0.112 e. The molecule has 3 saturated heterocycles. The van der Waals surface area contributed by atoms with Crippen LogP contribution in [0.1, 0.15) is 16.6 Å². The second kappa shape index (κ2) is 5.23. The number of hydrogen-bond donors (Lipinski definition) is 0. The summed E-state index contributed by atoms with van der Waals surface area (Å²) in [6.45, 7) is 5.80. The number of piperazine rings is 3. The molecule has 0 amide bonds. The van der Waals surface area contributed by atoms with Crippen LogP contribution in [-0.4, -0.2) is 47.5 Å². The van der Waals surface area contributed by atoms with Gasteiger partial charge in [-0.15, -0.1) is 11.3 Å². The zero-order chi connectivity index (χ0) is 14.2. The zero-order valence-electron chi connectivity index (χ0n) is 11.7. The molecule has 2 bridgehead atoms. The highest BCUT2D eigenvalue weighted by atomic mass is 32.1. The zero-order valence-corrected chi connectivity index (χ0v) is 12.5. The summed E-state index contributed by atoms with van der Waals surface area (Å²) in [4.78, 5) is 9.92. The molecule has 5 heteroatoms. The number of fused-ring (bicyclic) bond motifs is 3. The van der Waals surface area contributed by atoms with Crippen LogP contribution in [0.2, 0.25) is 0 Å². The Balaban J connectivity index is 1.62. The van der Waals surface area contributed by atoms with E-state index in [2.05, 4.69) is 21.2 Å². The van der Waals surface area contributed by atoms with Crippen LogP contribution >= 0.6 is 11.3 Å². The van der Waals surface area contributed by atoms with Crippen LogP contribution in [0.15, 0.2) is 29.6 Å². The minimum Gasteiger partial charge on any atom is -0.299 e. The van der Waals surface area contributed by atoms with Crippen molar-refractivity contribution in [1.29, 1.82) is 5.26 Å². The van der Waals surface area contributed by atoms with Gasteiger partial charge in [0, 0.05) is 43.7 Å². The molecule has 3 aliphatic rings. The second-order valence-electron chi connectivity index (χ2n) is 5.62. The van der Waals surface area contributed by atoms with Gasteiger partial charge in [0.2, 0.25) is 0 Å². The maximum absolute atomic E-state index is 9.01. The van der Waals surface area contributed by atoms with E-state index in [0.29, 0.717) is 11.6 Å². The average Bonchev–Trinajstić information content (AvgIpc) is 3.06. The third kappa shape index (κ3) is 2.36. The Morgan fingerprint density at radius 3 is 2.81 bits per heavy atom. The summed E-state index contributed by atoms with van der Waals surface area (Å²) in [6, 6.07) is 10.3. The molecule has 1 unspecified atom stereocenters. The van der Waals surface area contributed by atoms with Crippen LogP contribution < -0.4 is 0 Å². The molecule has 2 aromatic rings. The summed E-state index contributed by atoms with van der Waals surface area (Å²) in [6.07, 6.45) is 0. The predicted octanol–water partition coefficient (Wildman–Crippen LogP) is 2.35. The average molecular weight is 296 g/mol. The van der Waals surface area contributed by atoms with E-state index in [1.807, 2.05) is 24.3 Å². The van der Waals surface area contributed by atoms with E-state index in [0.717, 1.165) is 30.9 Å². The SMILES string of the molecule is N#Cc1cccc(-c2csc(C3CN4CCN3CC4)n2)c1. The van der Waals surface area contributed by atoms with Crippen molar-refractivity contribution in [2.24, 2.45) is 0 Å². The lowest BCUT2D eigenvalue weighted by Crippen LogP contribution is -2.56. The number of thiazole rings is 1. The molecule has 0 N–H and O–H groups in total. The first-order valence-corrected chi connectivity index (χ1v) is 8.14. The van der Waals surface area contributed by atoms with Gasteiger partial charge >= 0.3 is 0 Å². The highest BCUT2D eigenvalue weighted by molar-refractivity contribution is 7.10. The summed E-state index contributed by atoms with van der Waals surface area (Å²) >= 11 is 1.74. The van der Waals surface area contributed by atoms with E-state index >= 15 is 0 Å². The number of aromatic nitrogens is 1. The van der Waals surface area contributed by atoms with Gasteiger partial charge < -0.3 is 0 Å². The molecule has 1 aromatic heterocycles. The number of rotatable bonds is 2. The molecule has 0 radical (unpaired) electrons. The molecular formula is C16H16N4S. The summed E-state index contributed by atoms with van der Waals surface area (Å²) in [5, 5.41) is 12.3. The first-order valence-electron chi connectivity index (χ1n) is 7.26. The minimum atomic E-state index is 0.449. The molecule has 106 valence electrons. The van der Waals surface area contributed by atoms with Gasteiger partial charge in [-0.25, -0.2) is 4.98 Å². The fourth-order valence-electron chi connectivity index (χ4n) is 3.17. The molecule has 0 spiro atoms. The van der Waals surface area contributed by atoms with Gasteiger partial charge in [0.15, 0.2) is 0 Å². The van der Waals surface area contributed by atoms with Crippen molar-refractivity contribution in [2.45, 2.75) is 6.04 Å².